The number of nitrogens with zero attached hydrogens (tertiary/aromatic N) is 4. The molecule has 53 heavy (non-hydrogen) atoms. The van der Waals surface area contributed by atoms with E-state index >= 15 is 0 Å². The number of ketones is 1. The molecule has 0 bridgehead atoms. The molecule has 3 saturated heterocycles. The average Bonchev–Trinajstić information content (AvgIpc) is 3.63. The van der Waals surface area contributed by atoms with Gasteiger partial charge in [0.1, 0.15) is 23.1 Å². The predicted octanol–water partition coefficient (Wildman–Crippen LogP) is 4.78. The maximum Gasteiger partial charge on any atom is 0.573 e. The third kappa shape index (κ3) is 8.40. The number of aryl methyl sites for hydroxylation is 1. The first-order valence-corrected chi connectivity index (χ1v) is 18.0. The number of rotatable bonds is 10. The van der Waals surface area contributed by atoms with Crippen molar-refractivity contribution in [3.05, 3.63) is 70.8 Å². The molecule has 12 nitrogen and oxygen atoms in total. The van der Waals surface area contributed by atoms with Crippen LogP contribution in [0.2, 0.25) is 0 Å². The van der Waals surface area contributed by atoms with Gasteiger partial charge in [-0.05, 0) is 99.0 Å². The van der Waals surface area contributed by atoms with Crippen molar-refractivity contribution < 1.29 is 32.3 Å². The van der Waals surface area contributed by atoms with E-state index in [9.17, 15) is 32.3 Å². The number of carbonyl (C=O) groups excluding carboxylic acids is 3. The molecule has 0 radical (unpaired) electrons. The summed E-state index contributed by atoms with van der Waals surface area (Å²) in [7, 11) is 1.58. The Hall–Kier alpha value is -5.18. The molecule has 0 saturated carbocycles. The lowest BCUT2D eigenvalue weighted by atomic mass is 9.88. The molecular weight excluding hydrogens is 691 g/mol. The molecule has 15 heteroatoms. The van der Waals surface area contributed by atoms with Gasteiger partial charge in [0.2, 0.25) is 11.8 Å². The molecule has 3 fully saturated rings. The molecule has 1 atom stereocenters. The molecular formula is C38H42F3N7O5. The number of aromatic nitrogens is 3. The molecule has 7 rings (SSSR count). The highest BCUT2D eigenvalue weighted by molar-refractivity contribution is 6.01. The monoisotopic (exact) mass is 733 g/mol. The van der Waals surface area contributed by atoms with Gasteiger partial charge in [0.15, 0.2) is 0 Å². The molecule has 3 aliphatic heterocycles. The lowest BCUT2D eigenvalue weighted by Gasteiger charge is -2.35. The predicted molar refractivity (Wildman–Crippen MR) is 193 cm³/mol. The molecule has 280 valence electrons. The summed E-state index contributed by atoms with van der Waals surface area (Å²) < 4.78 is 46.5. The van der Waals surface area contributed by atoms with E-state index in [0.29, 0.717) is 61.0 Å². The van der Waals surface area contributed by atoms with Crippen molar-refractivity contribution in [2.45, 2.75) is 57.3 Å². The van der Waals surface area contributed by atoms with Crippen LogP contribution in [-0.4, -0.2) is 82.4 Å². The highest BCUT2D eigenvalue weighted by Gasteiger charge is 2.34. The van der Waals surface area contributed by atoms with Gasteiger partial charge in [-0.2, -0.15) is 5.10 Å². The van der Waals surface area contributed by atoms with Gasteiger partial charge in [0.25, 0.3) is 5.56 Å². The number of H-pyrrole nitrogens is 1. The van der Waals surface area contributed by atoms with Crippen molar-refractivity contribution in [3.8, 4) is 16.9 Å². The van der Waals surface area contributed by atoms with Gasteiger partial charge in [-0.3, -0.25) is 34.5 Å². The maximum atomic E-state index is 13.6. The number of nitrogens with one attached hydrogen (secondary N) is 3. The van der Waals surface area contributed by atoms with Crippen molar-refractivity contribution in [3.63, 3.8) is 0 Å². The second kappa shape index (κ2) is 15.0. The minimum Gasteiger partial charge on any atom is -0.405 e. The van der Waals surface area contributed by atoms with Gasteiger partial charge < -0.3 is 19.5 Å². The number of anilines is 2. The van der Waals surface area contributed by atoms with Crippen molar-refractivity contribution in [2.24, 2.45) is 18.9 Å². The van der Waals surface area contributed by atoms with Crippen molar-refractivity contribution in [1.82, 2.24) is 25.0 Å². The summed E-state index contributed by atoms with van der Waals surface area (Å²) in [4.78, 5) is 53.7. The first-order chi connectivity index (χ1) is 25.4. The van der Waals surface area contributed by atoms with E-state index in [2.05, 4.69) is 35.4 Å². The van der Waals surface area contributed by atoms with Gasteiger partial charge in [0.05, 0.1) is 12.7 Å². The number of amides is 2. The zero-order valence-electron chi connectivity index (χ0n) is 29.4. The summed E-state index contributed by atoms with van der Waals surface area (Å²) in [6.45, 7) is 3.28. The molecule has 0 spiro atoms. The largest absolute Gasteiger partial charge is 0.573 e. The number of piperidine rings is 3. The SMILES string of the molecule is Cn1cc(-c2ccc(CC3CCN(CC(=O)C4CCN(c5ccc(NC6CCC(=O)NC6=O)cc5)CC4)CC3)c(OC(F)(F)F)c2)c2cn[nH]c2c1=O. The van der Waals surface area contributed by atoms with Gasteiger partial charge in [-0.1, -0.05) is 12.1 Å². The zero-order chi connectivity index (χ0) is 37.3. The number of benzene rings is 2. The van der Waals surface area contributed by atoms with Crippen LogP contribution in [0.1, 0.15) is 44.1 Å². The Bertz CT molecular complexity index is 2050. The highest BCUT2D eigenvalue weighted by Crippen LogP contribution is 2.36. The number of Topliss-reactive ketones (excluding diaryl/α,β-unsaturated/α-hetero) is 1. The lowest BCUT2D eigenvalue weighted by molar-refractivity contribution is -0.274. The normalized spacial score (nSPS) is 19.4. The molecule has 2 amide bonds. The first-order valence-electron chi connectivity index (χ1n) is 18.0. The Kier molecular flexibility index (Phi) is 10.3. The van der Waals surface area contributed by atoms with E-state index in [-0.39, 0.29) is 46.3 Å². The second-order valence-corrected chi connectivity index (χ2v) is 14.3. The highest BCUT2D eigenvalue weighted by atomic mass is 19.4. The molecule has 2 aromatic heterocycles. The van der Waals surface area contributed by atoms with Gasteiger partial charge in [0, 0.05) is 61.0 Å². The van der Waals surface area contributed by atoms with Crippen LogP contribution in [0.5, 0.6) is 5.75 Å². The zero-order valence-corrected chi connectivity index (χ0v) is 29.4. The molecule has 5 heterocycles. The summed E-state index contributed by atoms with van der Waals surface area (Å²) in [6, 6.07) is 12.2. The van der Waals surface area contributed by atoms with E-state index in [4.69, 9.17) is 0 Å². The Balaban J connectivity index is 0.900. The van der Waals surface area contributed by atoms with Crippen molar-refractivity contribution in [2.75, 3.05) is 42.9 Å². The molecule has 4 aromatic rings. The topological polar surface area (TPSA) is 142 Å². The van der Waals surface area contributed by atoms with Gasteiger partial charge >= 0.3 is 6.36 Å². The number of likely N-dealkylation sites (tertiary alicyclic amines) is 1. The van der Waals surface area contributed by atoms with Crippen LogP contribution in [0.25, 0.3) is 22.0 Å². The maximum absolute atomic E-state index is 13.6. The van der Waals surface area contributed by atoms with Gasteiger partial charge in [-0.15, -0.1) is 13.2 Å². The minimum absolute atomic E-state index is 0.0201. The number of pyridine rings is 1. The lowest BCUT2D eigenvalue weighted by Crippen LogP contribution is -2.47. The number of halogens is 3. The van der Waals surface area contributed by atoms with Crippen LogP contribution in [0.4, 0.5) is 24.5 Å². The molecule has 1 unspecified atom stereocenters. The fourth-order valence-electron chi connectivity index (χ4n) is 7.76. The standard InChI is InChI=1S/C38H42F3N7O5/c1-46-21-30(29-20-42-45-35(29)37(46)52)25-2-3-26(33(19-25)53-38(39,40)41)18-23-10-14-47(15-11-23)22-32(49)24-12-16-48(17-13-24)28-6-4-27(5-7-28)43-31-8-9-34(50)44-36(31)51/h2-7,19-21,23-24,31,43H,8-18,22H2,1H3,(H,42,45)(H,44,50,51). The summed E-state index contributed by atoms with van der Waals surface area (Å²) in [5.41, 5.74) is 3.34. The van der Waals surface area contributed by atoms with Crippen LogP contribution in [-0.2, 0) is 27.9 Å². The summed E-state index contributed by atoms with van der Waals surface area (Å²) in [5, 5.41) is 12.7. The number of hydrogen-bond acceptors (Lipinski definition) is 9. The van der Waals surface area contributed by atoms with Crippen LogP contribution in [0, 0.1) is 11.8 Å². The quantitative estimate of drug-likeness (QED) is 0.196. The van der Waals surface area contributed by atoms with Crippen LogP contribution < -0.4 is 25.8 Å². The molecule has 3 aliphatic rings. The van der Waals surface area contributed by atoms with Crippen LogP contribution in [0.3, 0.4) is 0 Å². The number of alkyl halides is 3. The third-order valence-electron chi connectivity index (χ3n) is 10.7. The summed E-state index contributed by atoms with van der Waals surface area (Å²) in [6.07, 6.45) is 2.40. The second-order valence-electron chi connectivity index (χ2n) is 14.3. The number of imide groups is 1. The fraction of sp³-hybridized carbons (Fsp3) is 0.447. The number of hydrogen-bond donors (Lipinski definition) is 3. The smallest absolute Gasteiger partial charge is 0.405 e. The van der Waals surface area contributed by atoms with E-state index in [1.807, 2.05) is 24.3 Å². The Morgan fingerprint density at radius 1 is 0.981 bits per heavy atom. The van der Waals surface area contributed by atoms with Crippen molar-refractivity contribution in [1.29, 1.82) is 0 Å². The van der Waals surface area contributed by atoms with E-state index < -0.39 is 12.4 Å². The molecule has 3 N–H and O–H groups in total. The summed E-state index contributed by atoms with van der Waals surface area (Å²) >= 11 is 0. The van der Waals surface area contributed by atoms with Crippen molar-refractivity contribution >= 4 is 39.9 Å². The Labute approximate surface area is 303 Å². The van der Waals surface area contributed by atoms with E-state index in [0.717, 1.165) is 50.1 Å². The minimum atomic E-state index is -4.87. The molecule has 0 aliphatic carbocycles. The summed E-state index contributed by atoms with van der Waals surface area (Å²) in [5.74, 6) is -0.474. The van der Waals surface area contributed by atoms with E-state index in [1.54, 1.807) is 25.4 Å². The van der Waals surface area contributed by atoms with Gasteiger partial charge in [-0.25, -0.2) is 0 Å². The number of carbonyl (C=O) groups is 3. The Morgan fingerprint density at radius 2 is 1.72 bits per heavy atom. The average molecular weight is 734 g/mol. The molecule has 2 aromatic carbocycles. The third-order valence-corrected chi connectivity index (χ3v) is 10.7. The first kappa shape index (κ1) is 36.2. The van der Waals surface area contributed by atoms with Crippen LogP contribution >= 0.6 is 0 Å². The van der Waals surface area contributed by atoms with Crippen LogP contribution in [0.15, 0.2) is 59.7 Å². The number of fused-ring (bicyclic) bond motifs is 1. The fourth-order valence-corrected chi connectivity index (χ4v) is 7.76. The van der Waals surface area contributed by atoms with E-state index in [1.165, 1.54) is 16.8 Å². The number of ether oxygens (including phenoxy) is 1. The number of aromatic amines is 1. The Morgan fingerprint density at radius 3 is 2.42 bits per heavy atom.